The molecule has 2 aromatic rings. The number of ether oxygens (including phenoxy) is 2. The Bertz CT molecular complexity index is 616. The highest BCUT2D eigenvalue weighted by molar-refractivity contribution is 9.09. The van der Waals surface area contributed by atoms with Gasteiger partial charge in [0.25, 0.3) is 0 Å². The van der Waals surface area contributed by atoms with E-state index in [1.54, 1.807) is 19.1 Å². The van der Waals surface area contributed by atoms with Crippen LogP contribution in [-0.2, 0) is 12.2 Å². The van der Waals surface area contributed by atoms with Crippen LogP contribution in [0.1, 0.15) is 25.7 Å². The summed E-state index contributed by atoms with van der Waals surface area (Å²) in [5.41, 5.74) is 2.70. The zero-order valence-corrected chi connectivity index (χ0v) is 15.2. The second kappa shape index (κ2) is 6.63. The van der Waals surface area contributed by atoms with Gasteiger partial charge in [-0.1, -0.05) is 22.0 Å². The number of alkyl halides is 1. The van der Waals surface area contributed by atoms with Gasteiger partial charge in [0, 0.05) is 15.5 Å². The molecule has 0 radical (unpaired) electrons. The molecule has 2 heterocycles. The van der Waals surface area contributed by atoms with Crippen LogP contribution in [0.15, 0.2) is 24.3 Å². The standard InChI is InChI=1S/C16H17BrO2S2/c1-18-12-4-3-10(7-13(12)19-2)16(17)15-8-11-9-20-6-5-14(11)21-15/h3-4,7-8,16H,5-6,9H2,1-2H3. The zero-order valence-electron chi connectivity index (χ0n) is 12.0. The maximum atomic E-state index is 5.40. The van der Waals surface area contributed by atoms with E-state index in [0.29, 0.717) is 0 Å². The molecule has 0 fully saturated rings. The summed E-state index contributed by atoms with van der Waals surface area (Å²) < 4.78 is 10.7. The second-order valence-electron chi connectivity index (χ2n) is 4.88. The van der Waals surface area contributed by atoms with Gasteiger partial charge < -0.3 is 9.47 Å². The number of rotatable bonds is 4. The molecule has 0 spiro atoms. The van der Waals surface area contributed by atoms with Gasteiger partial charge >= 0.3 is 0 Å². The van der Waals surface area contributed by atoms with Crippen molar-refractivity contribution in [2.45, 2.75) is 17.0 Å². The van der Waals surface area contributed by atoms with Gasteiger partial charge in [-0.15, -0.1) is 11.3 Å². The lowest BCUT2D eigenvalue weighted by Crippen LogP contribution is -1.96. The average molecular weight is 385 g/mol. The maximum absolute atomic E-state index is 5.40. The van der Waals surface area contributed by atoms with Crippen LogP contribution in [0.4, 0.5) is 0 Å². The van der Waals surface area contributed by atoms with Crippen LogP contribution in [-0.4, -0.2) is 20.0 Å². The number of thiophene rings is 1. The van der Waals surface area contributed by atoms with E-state index in [9.17, 15) is 0 Å². The van der Waals surface area contributed by atoms with Gasteiger partial charge in [0.15, 0.2) is 11.5 Å². The minimum absolute atomic E-state index is 0.206. The summed E-state index contributed by atoms with van der Waals surface area (Å²) in [5, 5.41) is 0. The van der Waals surface area contributed by atoms with E-state index in [-0.39, 0.29) is 4.83 Å². The molecule has 21 heavy (non-hydrogen) atoms. The van der Waals surface area contributed by atoms with Crippen LogP contribution in [0.5, 0.6) is 11.5 Å². The monoisotopic (exact) mass is 384 g/mol. The van der Waals surface area contributed by atoms with Crippen molar-refractivity contribution in [1.29, 1.82) is 0 Å². The molecule has 1 aromatic carbocycles. The first-order chi connectivity index (χ1) is 10.2. The molecule has 0 saturated heterocycles. The fourth-order valence-corrected chi connectivity index (χ4v) is 5.55. The molecule has 0 bridgehead atoms. The summed E-state index contributed by atoms with van der Waals surface area (Å²) in [7, 11) is 3.33. The van der Waals surface area contributed by atoms with E-state index < -0.39 is 0 Å². The Morgan fingerprint density at radius 1 is 1.14 bits per heavy atom. The number of hydrogen-bond donors (Lipinski definition) is 0. The summed E-state index contributed by atoms with van der Waals surface area (Å²) in [5.74, 6) is 3.94. The SMILES string of the molecule is COc1ccc(C(Br)c2cc3c(s2)CCSC3)cc1OC. The van der Waals surface area contributed by atoms with Gasteiger partial charge in [-0.3, -0.25) is 0 Å². The third-order valence-corrected chi connectivity index (χ3v) is 7.23. The molecule has 1 unspecified atom stereocenters. The van der Waals surface area contributed by atoms with Crippen molar-refractivity contribution in [3.05, 3.63) is 45.1 Å². The molecular formula is C16H17BrO2S2. The molecule has 5 heteroatoms. The maximum Gasteiger partial charge on any atom is 0.161 e. The molecule has 112 valence electrons. The van der Waals surface area contributed by atoms with Gasteiger partial charge in [0.2, 0.25) is 0 Å². The summed E-state index contributed by atoms with van der Waals surface area (Å²) in [6, 6.07) is 8.45. The van der Waals surface area contributed by atoms with Crippen molar-refractivity contribution >= 4 is 39.0 Å². The molecule has 0 N–H and O–H groups in total. The topological polar surface area (TPSA) is 18.5 Å². The molecule has 0 aliphatic carbocycles. The Labute approximate surface area is 142 Å². The molecule has 1 aromatic heterocycles. The van der Waals surface area contributed by atoms with Gasteiger partial charge in [0.05, 0.1) is 19.0 Å². The summed E-state index contributed by atoms with van der Waals surface area (Å²) in [6.45, 7) is 0. The fourth-order valence-electron chi connectivity index (χ4n) is 2.47. The minimum atomic E-state index is 0.206. The van der Waals surface area contributed by atoms with Crippen LogP contribution >= 0.6 is 39.0 Å². The number of thioether (sulfide) groups is 1. The highest BCUT2D eigenvalue weighted by Gasteiger charge is 2.20. The fraction of sp³-hybridized carbons (Fsp3) is 0.375. The Morgan fingerprint density at radius 3 is 2.67 bits per heavy atom. The Balaban J connectivity index is 1.90. The quantitative estimate of drug-likeness (QED) is 0.687. The minimum Gasteiger partial charge on any atom is -0.493 e. The Kier molecular flexibility index (Phi) is 4.82. The van der Waals surface area contributed by atoms with Crippen molar-refractivity contribution in [3.8, 4) is 11.5 Å². The van der Waals surface area contributed by atoms with E-state index in [1.165, 1.54) is 28.2 Å². The molecule has 2 nitrogen and oxygen atoms in total. The third kappa shape index (κ3) is 3.10. The molecule has 0 saturated carbocycles. The van der Waals surface area contributed by atoms with Crippen molar-refractivity contribution in [3.63, 3.8) is 0 Å². The number of benzene rings is 1. The number of aryl methyl sites for hydroxylation is 1. The van der Waals surface area contributed by atoms with E-state index in [2.05, 4.69) is 28.1 Å². The largest absolute Gasteiger partial charge is 0.493 e. The van der Waals surface area contributed by atoms with Crippen molar-refractivity contribution in [2.24, 2.45) is 0 Å². The predicted molar refractivity (Wildman–Crippen MR) is 94.5 cm³/mol. The number of hydrogen-bond acceptors (Lipinski definition) is 4. The Morgan fingerprint density at radius 2 is 1.95 bits per heavy atom. The summed E-state index contributed by atoms with van der Waals surface area (Å²) in [4.78, 5) is 3.13. The number of methoxy groups -OCH3 is 2. The van der Waals surface area contributed by atoms with Crippen LogP contribution < -0.4 is 9.47 Å². The lowest BCUT2D eigenvalue weighted by Gasteiger charge is -2.12. The molecule has 3 rings (SSSR count). The van der Waals surface area contributed by atoms with E-state index >= 15 is 0 Å². The van der Waals surface area contributed by atoms with Crippen molar-refractivity contribution < 1.29 is 9.47 Å². The third-order valence-electron chi connectivity index (χ3n) is 3.60. The number of halogens is 1. The first kappa shape index (κ1) is 15.3. The first-order valence-corrected chi connectivity index (χ1v) is 9.67. The van der Waals surface area contributed by atoms with Gasteiger partial charge in [-0.2, -0.15) is 11.8 Å². The molecule has 1 aliphatic heterocycles. The van der Waals surface area contributed by atoms with Crippen LogP contribution in [0.3, 0.4) is 0 Å². The first-order valence-electron chi connectivity index (χ1n) is 6.78. The van der Waals surface area contributed by atoms with Crippen LogP contribution in [0.2, 0.25) is 0 Å². The highest BCUT2D eigenvalue weighted by atomic mass is 79.9. The molecule has 0 amide bonds. The van der Waals surface area contributed by atoms with Crippen LogP contribution in [0.25, 0.3) is 0 Å². The molecular weight excluding hydrogens is 368 g/mol. The lowest BCUT2D eigenvalue weighted by molar-refractivity contribution is 0.354. The smallest absolute Gasteiger partial charge is 0.161 e. The second-order valence-corrected chi connectivity index (χ2v) is 8.07. The van der Waals surface area contributed by atoms with Gasteiger partial charge in [-0.05, 0) is 41.5 Å². The van der Waals surface area contributed by atoms with E-state index in [4.69, 9.17) is 9.47 Å². The summed E-state index contributed by atoms with van der Waals surface area (Å²) in [6.07, 6.45) is 1.20. The highest BCUT2D eigenvalue weighted by Crippen LogP contribution is 2.42. The van der Waals surface area contributed by atoms with Gasteiger partial charge in [0.1, 0.15) is 0 Å². The van der Waals surface area contributed by atoms with E-state index in [0.717, 1.165) is 17.3 Å². The Hall–Kier alpha value is -0.650. The predicted octanol–water partition coefficient (Wildman–Crippen LogP) is 5.04. The van der Waals surface area contributed by atoms with Crippen molar-refractivity contribution in [2.75, 3.05) is 20.0 Å². The average Bonchev–Trinajstić information content (AvgIpc) is 2.97. The zero-order chi connectivity index (χ0) is 14.8. The van der Waals surface area contributed by atoms with E-state index in [1.807, 2.05) is 35.2 Å². The van der Waals surface area contributed by atoms with Gasteiger partial charge in [-0.25, -0.2) is 0 Å². The van der Waals surface area contributed by atoms with Crippen molar-refractivity contribution in [1.82, 2.24) is 0 Å². The normalized spacial score (nSPS) is 15.4. The lowest BCUT2D eigenvalue weighted by atomic mass is 10.1. The summed E-state index contributed by atoms with van der Waals surface area (Å²) >= 11 is 7.79. The van der Waals surface area contributed by atoms with Crippen LogP contribution in [0, 0.1) is 0 Å². The molecule has 1 atom stereocenters. The molecule has 1 aliphatic rings. The number of fused-ring (bicyclic) bond motifs is 1.